The van der Waals surface area contributed by atoms with E-state index in [1.807, 2.05) is 20.8 Å². The fraction of sp³-hybridized carbons (Fsp3) is 0.269. The molecule has 0 saturated carbocycles. The van der Waals surface area contributed by atoms with Crippen LogP contribution in [0, 0.1) is 5.82 Å². The van der Waals surface area contributed by atoms with Gasteiger partial charge in [-0.05, 0) is 30.7 Å². The highest BCUT2D eigenvalue weighted by Crippen LogP contribution is 2.54. The largest absolute Gasteiger partial charge is 0.450 e. The Hall–Kier alpha value is -3.92. The summed E-state index contributed by atoms with van der Waals surface area (Å²) < 4.78 is 20.1. The molecule has 2 aliphatic heterocycles. The number of fused-ring (bicyclic) bond motifs is 5. The topological polar surface area (TPSA) is 96.6 Å². The maximum Gasteiger partial charge on any atom is 0.297 e. The minimum absolute atomic E-state index is 0.0397. The monoisotopic (exact) mass is 504 g/mol. The van der Waals surface area contributed by atoms with Gasteiger partial charge in [-0.25, -0.2) is 4.39 Å². The van der Waals surface area contributed by atoms with Gasteiger partial charge in [-0.1, -0.05) is 50.3 Å². The average molecular weight is 505 g/mol. The molecule has 36 heavy (non-hydrogen) atoms. The third-order valence-corrected chi connectivity index (χ3v) is 7.86. The van der Waals surface area contributed by atoms with Crippen molar-refractivity contribution in [1.29, 1.82) is 0 Å². The molecule has 0 radical (unpaired) electrons. The van der Waals surface area contributed by atoms with Gasteiger partial charge < -0.3 is 9.32 Å². The Bertz CT molecular complexity index is 1640. The van der Waals surface area contributed by atoms with Gasteiger partial charge in [0.1, 0.15) is 16.4 Å². The van der Waals surface area contributed by atoms with Crippen molar-refractivity contribution in [3.05, 3.63) is 80.4 Å². The number of anilines is 2. The van der Waals surface area contributed by atoms with Crippen LogP contribution in [0.2, 0.25) is 0 Å². The Morgan fingerprint density at radius 2 is 1.89 bits per heavy atom. The summed E-state index contributed by atoms with van der Waals surface area (Å²) in [4.78, 5) is 45.2. The van der Waals surface area contributed by atoms with Gasteiger partial charge in [0.25, 0.3) is 11.8 Å². The molecular weight excluding hydrogens is 483 g/mol. The van der Waals surface area contributed by atoms with Gasteiger partial charge in [-0.2, -0.15) is 0 Å². The molecule has 1 atom stereocenters. The molecule has 1 unspecified atom stereocenters. The molecule has 0 aliphatic carbocycles. The Balaban J connectivity index is 1.75. The van der Waals surface area contributed by atoms with Crippen LogP contribution in [0.5, 0.6) is 0 Å². The number of hydrogen-bond donors (Lipinski definition) is 0. The van der Waals surface area contributed by atoms with Crippen molar-refractivity contribution < 1.29 is 18.4 Å². The Morgan fingerprint density at radius 3 is 2.61 bits per heavy atom. The van der Waals surface area contributed by atoms with Crippen molar-refractivity contribution in [2.45, 2.75) is 38.6 Å². The Labute approximate surface area is 209 Å². The van der Waals surface area contributed by atoms with Gasteiger partial charge >= 0.3 is 0 Å². The van der Waals surface area contributed by atoms with Crippen molar-refractivity contribution in [2.75, 3.05) is 16.3 Å². The van der Waals surface area contributed by atoms with Crippen LogP contribution in [0.15, 0.2) is 51.7 Å². The molecule has 1 spiro atoms. The number of amides is 2. The minimum Gasteiger partial charge on any atom is -0.450 e. The molecule has 4 aromatic rings. The van der Waals surface area contributed by atoms with E-state index in [2.05, 4.69) is 10.2 Å². The summed E-state index contributed by atoms with van der Waals surface area (Å²) in [6, 6.07) is 10.6. The predicted octanol–water partition coefficient (Wildman–Crippen LogP) is 4.57. The lowest BCUT2D eigenvalue weighted by Crippen LogP contribution is -2.53. The molecule has 2 aromatic heterocycles. The van der Waals surface area contributed by atoms with Crippen molar-refractivity contribution in [2.24, 2.45) is 0 Å². The highest BCUT2D eigenvalue weighted by Gasteiger charge is 2.66. The molecule has 0 N–H and O–H groups in total. The number of carbonyl (C=O) groups is 2. The summed E-state index contributed by atoms with van der Waals surface area (Å²) in [6.45, 7) is 6.23. The number of aromatic nitrogens is 2. The number of para-hydroxylation sites is 1. The van der Waals surface area contributed by atoms with Gasteiger partial charge in [0.2, 0.25) is 10.9 Å². The predicted molar refractivity (Wildman–Crippen MR) is 133 cm³/mol. The van der Waals surface area contributed by atoms with Gasteiger partial charge in [0.05, 0.1) is 16.6 Å². The van der Waals surface area contributed by atoms with Gasteiger partial charge in [-0.15, -0.1) is 10.2 Å². The summed E-state index contributed by atoms with van der Waals surface area (Å²) in [5.74, 6) is -1.95. The molecular formula is C26H21FN4O4S. The number of benzene rings is 2. The van der Waals surface area contributed by atoms with Gasteiger partial charge in [-0.3, -0.25) is 19.3 Å². The molecule has 10 heteroatoms. The molecule has 2 aromatic carbocycles. The van der Waals surface area contributed by atoms with Crippen molar-refractivity contribution in [1.82, 2.24) is 10.2 Å². The molecule has 8 nitrogen and oxygen atoms in total. The molecule has 4 heterocycles. The first-order chi connectivity index (χ1) is 17.3. The van der Waals surface area contributed by atoms with E-state index in [1.54, 1.807) is 29.2 Å². The zero-order valence-corrected chi connectivity index (χ0v) is 20.6. The third kappa shape index (κ3) is 2.76. The Kier molecular flexibility index (Phi) is 4.88. The fourth-order valence-electron chi connectivity index (χ4n) is 5.13. The highest BCUT2D eigenvalue weighted by atomic mass is 32.1. The third-order valence-electron chi connectivity index (χ3n) is 6.65. The normalized spacial score (nSPS) is 18.7. The van der Waals surface area contributed by atoms with E-state index >= 15 is 0 Å². The van der Waals surface area contributed by atoms with Gasteiger partial charge in [0, 0.05) is 18.0 Å². The molecule has 0 bridgehead atoms. The number of nitrogens with zero attached hydrogens (tertiary/aromatic N) is 4. The second kappa shape index (κ2) is 7.79. The van der Waals surface area contributed by atoms with E-state index < -0.39 is 28.6 Å². The lowest BCUT2D eigenvalue weighted by atomic mass is 9.84. The van der Waals surface area contributed by atoms with Crippen LogP contribution in [0.4, 0.5) is 15.2 Å². The van der Waals surface area contributed by atoms with Crippen molar-refractivity contribution >= 4 is 44.9 Å². The summed E-state index contributed by atoms with van der Waals surface area (Å²) in [7, 11) is 0. The number of carbonyl (C=O) groups excluding carboxylic acids is 2. The maximum absolute atomic E-state index is 14.4. The van der Waals surface area contributed by atoms with Crippen molar-refractivity contribution in [3.8, 4) is 0 Å². The summed E-state index contributed by atoms with van der Waals surface area (Å²) in [5, 5.41) is 9.32. The fourth-order valence-corrected chi connectivity index (χ4v) is 6.03. The SMILES string of the molecule is CCCN1C(=O)C2(c3ccccc31)c1c(oc3ccc(F)cc3c1=O)C(=O)N2c1nnc(C(C)C)s1. The zero-order chi connectivity index (χ0) is 25.4. The van der Waals surface area contributed by atoms with E-state index in [0.29, 0.717) is 29.2 Å². The molecule has 182 valence electrons. The van der Waals surface area contributed by atoms with E-state index in [0.717, 1.165) is 12.1 Å². The van der Waals surface area contributed by atoms with E-state index in [9.17, 15) is 18.8 Å². The quantitative estimate of drug-likeness (QED) is 0.404. The van der Waals surface area contributed by atoms with Crippen LogP contribution in [-0.2, 0) is 10.3 Å². The average Bonchev–Trinajstić information content (AvgIpc) is 3.51. The van der Waals surface area contributed by atoms with Crippen LogP contribution in [-0.4, -0.2) is 28.6 Å². The van der Waals surface area contributed by atoms with E-state index in [-0.39, 0.29) is 33.3 Å². The summed E-state index contributed by atoms with van der Waals surface area (Å²) in [5.41, 5.74) is -1.45. The summed E-state index contributed by atoms with van der Waals surface area (Å²) >= 11 is 1.19. The molecule has 2 aliphatic rings. The van der Waals surface area contributed by atoms with Gasteiger partial charge in [0.15, 0.2) is 11.0 Å². The van der Waals surface area contributed by atoms with Crippen molar-refractivity contribution in [3.63, 3.8) is 0 Å². The number of hydrogen-bond acceptors (Lipinski definition) is 7. The standard InChI is InChI=1S/C26H21FN4O4S/c1-4-11-30-17-8-6-5-7-16(17)26(24(30)34)19-20(32)15-12-14(27)9-10-18(15)35-21(19)23(33)31(26)25-29-28-22(36-25)13(2)3/h5-10,12-13H,4,11H2,1-3H3. The second-order valence-electron chi connectivity index (χ2n) is 9.18. The van der Waals surface area contributed by atoms with E-state index in [1.165, 1.54) is 22.3 Å². The van der Waals surface area contributed by atoms with E-state index in [4.69, 9.17) is 4.42 Å². The lowest BCUT2D eigenvalue weighted by molar-refractivity contribution is -0.121. The molecule has 6 rings (SSSR count). The Morgan fingerprint density at radius 1 is 1.11 bits per heavy atom. The highest BCUT2D eigenvalue weighted by molar-refractivity contribution is 7.15. The number of halogens is 1. The number of rotatable bonds is 4. The maximum atomic E-state index is 14.4. The van der Waals surface area contributed by atoms with Crippen LogP contribution in [0.3, 0.4) is 0 Å². The molecule has 0 fully saturated rings. The zero-order valence-electron chi connectivity index (χ0n) is 19.7. The first kappa shape index (κ1) is 22.5. The first-order valence-corrected chi connectivity index (χ1v) is 12.5. The van der Waals surface area contributed by atoms with Crippen LogP contribution in [0.25, 0.3) is 11.0 Å². The first-order valence-electron chi connectivity index (χ1n) is 11.7. The lowest BCUT2D eigenvalue weighted by Gasteiger charge is -2.32. The minimum atomic E-state index is -1.84. The smallest absolute Gasteiger partial charge is 0.297 e. The molecule has 0 saturated heterocycles. The summed E-state index contributed by atoms with van der Waals surface area (Å²) in [6.07, 6.45) is 0.658. The van der Waals surface area contributed by atoms with Crippen LogP contribution < -0.4 is 15.2 Å². The van der Waals surface area contributed by atoms with Crippen LogP contribution >= 0.6 is 11.3 Å². The van der Waals surface area contributed by atoms with Crippen LogP contribution in [0.1, 0.15) is 59.8 Å². The second-order valence-corrected chi connectivity index (χ2v) is 10.2. The molecule has 2 amide bonds.